The maximum atomic E-state index is 12.3. The van der Waals surface area contributed by atoms with Gasteiger partial charge in [0.05, 0.1) is 0 Å². The molecular formula is C5H13BFN. The van der Waals surface area contributed by atoms with Crippen LogP contribution in [0.1, 0.15) is 20.3 Å². The van der Waals surface area contributed by atoms with Gasteiger partial charge in [0.1, 0.15) is 0 Å². The van der Waals surface area contributed by atoms with Crippen molar-refractivity contribution in [1.82, 2.24) is 5.23 Å². The Morgan fingerprint density at radius 3 is 2.50 bits per heavy atom. The lowest BCUT2D eigenvalue weighted by molar-refractivity contribution is 0.745. The summed E-state index contributed by atoms with van der Waals surface area (Å²) in [5, 5.41) is 2.68. The van der Waals surface area contributed by atoms with Gasteiger partial charge in [0.15, 0.2) is 0 Å². The lowest BCUT2D eigenvalue weighted by Gasteiger charge is -1.99. The summed E-state index contributed by atoms with van der Waals surface area (Å²) in [6.07, 6.45) is 1.54. The van der Waals surface area contributed by atoms with Crippen LogP contribution >= 0.6 is 0 Å². The van der Waals surface area contributed by atoms with E-state index in [-0.39, 0.29) is 0 Å². The fraction of sp³-hybridized carbons (Fsp3) is 1.00. The van der Waals surface area contributed by atoms with E-state index < -0.39 is 7.12 Å². The Morgan fingerprint density at radius 1 is 1.50 bits per heavy atom. The number of nitrogens with one attached hydrogen (secondary N) is 1. The lowest BCUT2D eigenvalue weighted by Crippen LogP contribution is -2.28. The molecule has 8 heavy (non-hydrogen) atoms. The quantitative estimate of drug-likeness (QED) is 0.549. The second-order valence-corrected chi connectivity index (χ2v) is 1.81. The highest BCUT2D eigenvalue weighted by Gasteiger charge is 2.08. The van der Waals surface area contributed by atoms with Gasteiger partial charge in [0, 0.05) is 0 Å². The largest absolute Gasteiger partial charge is 0.428 e. The van der Waals surface area contributed by atoms with E-state index in [4.69, 9.17) is 0 Å². The molecule has 0 aliphatic rings. The van der Waals surface area contributed by atoms with Crippen LogP contribution in [0.25, 0.3) is 0 Å². The summed E-state index contributed by atoms with van der Waals surface area (Å²) in [5.74, 6) is 0. The zero-order valence-electron chi connectivity index (χ0n) is 5.58. The summed E-state index contributed by atoms with van der Waals surface area (Å²) >= 11 is 0. The molecular weight excluding hydrogens is 104 g/mol. The van der Waals surface area contributed by atoms with E-state index in [0.29, 0.717) is 6.32 Å². The van der Waals surface area contributed by atoms with Gasteiger partial charge in [-0.3, -0.25) is 0 Å². The Kier molecular flexibility index (Phi) is 5.07. The van der Waals surface area contributed by atoms with Gasteiger partial charge in [-0.2, -0.15) is 0 Å². The van der Waals surface area contributed by atoms with Crippen molar-refractivity contribution in [2.24, 2.45) is 0 Å². The molecule has 0 bridgehead atoms. The fourth-order valence-corrected chi connectivity index (χ4v) is 0.577. The molecule has 0 fully saturated rings. The molecule has 0 aromatic heterocycles. The highest BCUT2D eigenvalue weighted by Crippen LogP contribution is 1.92. The van der Waals surface area contributed by atoms with Crippen molar-refractivity contribution < 1.29 is 4.32 Å². The molecule has 0 rings (SSSR count). The third-order valence-corrected chi connectivity index (χ3v) is 0.968. The predicted molar refractivity (Wildman–Crippen MR) is 35.6 cm³/mol. The molecule has 0 unspecified atom stereocenters. The van der Waals surface area contributed by atoms with Crippen LogP contribution in [0.15, 0.2) is 0 Å². The van der Waals surface area contributed by atoms with Crippen LogP contribution in [0, 0.1) is 0 Å². The van der Waals surface area contributed by atoms with E-state index in [9.17, 15) is 4.32 Å². The van der Waals surface area contributed by atoms with Crippen LogP contribution in [0.4, 0.5) is 4.32 Å². The van der Waals surface area contributed by atoms with Crippen LogP contribution < -0.4 is 5.23 Å². The van der Waals surface area contributed by atoms with Crippen molar-refractivity contribution >= 4 is 7.12 Å². The third-order valence-electron chi connectivity index (χ3n) is 0.968. The predicted octanol–water partition coefficient (Wildman–Crippen LogP) is 1.46. The van der Waals surface area contributed by atoms with E-state index in [0.717, 1.165) is 13.0 Å². The molecule has 0 spiro atoms. The summed E-state index contributed by atoms with van der Waals surface area (Å²) in [5.41, 5.74) is 0. The smallest absolute Gasteiger partial charge is 0.327 e. The molecule has 0 saturated heterocycles. The first kappa shape index (κ1) is 7.95. The first-order chi connectivity index (χ1) is 3.81. The summed E-state index contributed by atoms with van der Waals surface area (Å²) in [6, 6.07) is 0. The van der Waals surface area contributed by atoms with Gasteiger partial charge < -0.3 is 9.54 Å². The Balaban J connectivity index is 2.92. The number of hydrogen-bond acceptors (Lipinski definition) is 1. The maximum Gasteiger partial charge on any atom is 0.428 e. The summed E-state index contributed by atoms with van der Waals surface area (Å²) in [4.78, 5) is 0. The summed E-state index contributed by atoms with van der Waals surface area (Å²) in [7, 11) is -0.787. The van der Waals surface area contributed by atoms with Gasteiger partial charge in [-0.05, 0) is 12.9 Å². The first-order valence-corrected chi connectivity index (χ1v) is 3.18. The van der Waals surface area contributed by atoms with E-state index in [2.05, 4.69) is 5.23 Å². The van der Waals surface area contributed by atoms with Crippen LogP contribution in [0.2, 0.25) is 6.32 Å². The van der Waals surface area contributed by atoms with Crippen molar-refractivity contribution in [3.63, 3.8) is 0 Å². The summed E-state index contributed by atoms with van der Waals surface area (Å²) in [6.45, 7) is 4.60. The molecule has 0 amide bonds. The van der Waals surface area contributed by atoms with Crippen LogP contribution in [0.5, 0.6) is 0 Å². The van der Waals surface area contributed by atoms with Gasteiger partial charge in [0.25, 0.3) is 0 Å². The van der Waals surface area contributed by atoms with Gasteiger partial charge in [-0.15, -0.1) is 0 Å². The molecule has 0 atom stereocenters. The Hall–Kier alpha value is -0.0451. The molecule has 0 saturated carbocycles. The molecule has 3 heteroatoms. The molecule has 1 nitrogen and oxygen atoms in total. The van der Waals surface area contributed by atoms with E-state index in [1.807, 2.05) is 13.8 Å². The monoisotopic (exact) mass is 117 g/mol. The molecule has 0 radical (unpaired) electrons. The normalized spacial score (nSPS) is 9.38. The van der Waals surface area contributed by atoms with Crippen molar-refractivity contribution in [3.05, 3.63) is 0 Å². The van der Waals surface area contributed by atoms with Crippen molar-refractivity contribution in [3.8, 4) is 0 Å². The lowest BCUT2D eigenvalue weighted by atomic mass is 9.81. The topological polar surface area (TPSA) is 12.0 Å². The van der Waals surface area contributed by atoms with Crippen LogP contribution in [-0.2, 0) is 0 Å². The number of hydrogen-bond donors (Lipinski definition) is 1. The zero-order valence-corrected chi connectivity index (χ0v) is 5.58. The van der Waals surface area contributed by atoms with Crippen LogP contribution in [-0.4, -0.2) is 13.7 Å². The minimum Gasteiger partial charge on any atom is -0.327 e. The molecule has 0 aromatic carbocycles. The zero-order chi connectivity index (χ0) is 6.41. The second-order valence-electron chi connectivity index (χ2n) is 1.81. The van der Waals surface area contributed by atoms with E-state index in [1.165, 1.54) is 0 Å². The van der Waals surface area contributed by atoms with E-state index >= 15 is 0 Å². The fourth-order valence-electron chi connectivity index (χ4n) is 0.577. The van der Waals surface area contributed by atoms with Crippen molar-refractivity contribution in [1.29, 1.82) is 0 Å². The molecule has 0 aliphatic heterocycles. The highest BCUT2D eigenvalue weighted by atomic mass is 19.1. The Bertz CT molecular complexity index is 45.7. The average molecular weight is 117 g/mol. The molecule has 0 heterocycles. The molecule has 0 aromatic rings. The Morgan fingerprint density at radius 2 is 2.12 bits per heavy atom. The SMILES string of the molecule is CCCB(F)NCC. The highest BCUT2D eigenvalue weighted by molar-refractivity contribution is 6.48. The standard InChI is InChI=1S/C5H13BFN/c1-3-5-6(7)8-4-2/h8H,3-5H2,1-2H3. The van der Waals surface area contributed by atoms with Crippen molar-refractivity contribution in [2.45, 2.75) is 26.6 Å². The van der Waals surface area contributed by atoms with E-state index in [1.54, 1.807) is 0 Å². The minimum atomic E-state index is -0.787. The number of halogens is 1. The van der Waals surface area contributed by atoms with Gasteiger partial charge in [-0.1, -0.05) is 20.3 Å². The second kappa shape index (κ2) is 5.10. The minimum absolute atomic E-state index is 0.633. The third kappa shape index (κ3) is 4.12. The maximum absolute atomic E-state index is 12.3. The molecule has 0 aliphatic carbocycles. The average Bonchev–Trinajstić information content (AvgIpc) is 1.68. The van der Waals surface area contributed by atoms with Gasteiger partial charge >= 0.3 is 7.12 Å². The molecule has 1 N–H and O–H groups in total. The van der Waals surface area contributed by atoms with Crippen LogP contribution in [0.3, 0.4) is 0 Å². The van der Waals surface area contributed by atoms with Crippen molar-refractivity contribution in [2.75, 3.05) is 6.54 Å². The van der Waals surface area contributed by atoms with Gasteiger partial charge in [0.2, 0.25) is 0 Å². The number of rotatable bonds is 4. The summed E-state index contributed by atoms with van der Waals surface area (Å²) < 4.78 is 12.3. The first-order valence-electron chi connectivity index (χ1n) is 3.18. The molecule has 48 valence electrons. The van der Waals surface area contributed by atoms with Gasteiger partial charge in [-0.25, -0.2) is 0 Å². The Labute approximate surface area is 50.8 Å².